The monoisotopic (exact) mass is 1850 g/mol. The van der Waals surface area contributed by atoms with Crippen molar-refractivity contribution in [3.63, 3.8) is 0 Å². The van der Waals surface area contributed by atoms with Crippen molar-refractivity contribution in [1.82, 2.24) is 0 Å². The predicted octanol–water partition coefficient (Wildman–Crippen LogP) is 32.1. The summed E-state index contributed by atoms with van der Waals surface area (Å²) in [7, 11) is 0. The van der Waals surface area contributed by atoms with E-state index in [1.165, 1.54) is 44.5 Å². The number of benzene rings is 11. The summed E-state index contributed by atoms with van der Waals surface area (Å²) < 4.78 is 60.0. The van der Waals surface area contributed by atoms with Gasteiger partial charge in [0.1, 0.15) is 59.2 Å². The van der Waals surface area contributed by atoms with E-state index in [4.69, 9.17) is 37.9 Å². The van der Waals surface area contributed by atoms with Gasteiger partial charge in [0.15, 0.2) is 0 Å². The second-order valence-electron chi connectivity index (χ2n) is 47.5. The molecule has 11 aromatic carbocycles. The molecule has 8 heteroatoms. The van der Waals surface area contributed by atoms with Crippen LogP contribution in [0.3, 0.4) is 0 Å². The lowest BCUT2D eigenvalue weighted by molar-refractivity contribution is 0.294. The topological polar surface area (TPSA) is 73.8 Å². The lowest BCUT2D eigenvalue weighted by atomic mass is 9.79. The number of rotatable bonds is 24. The Kier molecular flexibility index (Phi) is 32.8. The van der Waals surface area contributed by atoms with Crippen LogP contribution >= 0.6 is 0 Å². The van der Waals surface area contributed by atoms with Crippen molar-refractivity contribution < 1.29 is 37.9 Å². The molecule has 0 heterocycles. The Morgan fingerprint density at radius 2 is 0.333 bits per heavy atom. The highest BCUT2D eigenvalue weighted by Crippen LogP contribution is 2.50. The fourth-order valence-electron chi connectivity index (χ4n) is 18.7. The van der Waals surface area contributed by atoms with E-state index in [0.717, 1.165) is 207 Å². The third-order valence-electron chi connectivity index (χ3n) is 26.9. The maximum atomic E-state index is 8.09. The zero-order valence-electron chi connectivity index (χ0n) is 90.0. The van der Waals surface area contributed by atoms with Gasteiger partial charge in [0.2, 0.25) is 0 Å². The van der Waals surface area contributed by atoms with Gasteiger partial charge in [0.05, 0.1) is 39.6 Å². The highest BCUT2D eigenvalue weighted by Gasteiger charge is 2.35. The van der Waals surface area contributed by atoms with E-state index in [-0.39, 0.29) is 56.5 Å². The van der Waals surface area contributed by atoms with Crippen molar-refractivity contribution >= 4 is 0 Å². The molecular weight excluding hydrogens is 1690 g/mol. The van der Waals surface area contributed by atoms with E-state index in [0.29, 0.717) is 91.0 Å². The highest BCUT2D eigenvalue weighted by atomic mass is 16.5. The van der Waals surface area contributed by atoms with Crippen molar-refractivity contribution in [3.05, 3.63) is 337 Å². The second-order valence-corrected chi connectivity index (χ2v) is 47.5. The minimum absolute atomic E-state index is 0.146. The minimum atomic E-state index is -0.281. The van der Waals surface area contributed by atoms with Crippen molar-refractivity contribution in [2.45, 2.75) is 354 Å². The molecule has 0 atom stereocenters. The van der Waals surface area contributed by atoms with Gasteiger partial charge in [-0.2, -0.15) is 0 Å². The lowest BCUT2D eigenvalue weighted by Gasteiger charge is -2.29. The van der Waals surface area contributed by atoms with Crippen LogP contribution in [0, 0.1) is 23.7 Å². The fourth-order valence-corrected chi connectivity index (χ4v) is 18.7. The Balaban J connectivity index is 1.08. The molecule has 2 aliphatic carbocycles. The smallest absolute Gasteiger partial charge is 0.126 e. The number of hydrogen-bond acceptors (Lipinski definition) is 8. The Hall–Kier alpha value is -11.1. The predicted molar refractivity (Wildman–Crippen MR) is 578 cm³/mol. The molecule has 730 valence electrons. The van der Waals surface area contributed by atoms with Crippen LogP contribution < -0.4 is 37.9 Å². The van der Waals surface area contributed by atoms with E-state index in [2.05, 4.69) is 401 Å². The van der Waals surface area contributed by atoms with Crippen LogP contribution in [0.15, 0.2) is 170 Å². The summed E-state index contributed by atoms with van der Waals surface area (Å²) in [5.74, 6) is 22.3. The van der Waals surface area contributed by atoms with Crippen LogP contribution in [-0.2, 0) is 108 Å². The molecule has 11 aromatic rings. The molecule has 2 aliphatic rings. The standard InChI is InChI=1S/C130H162O8/c1-31-51-131-115-89-59-93-71-109(125(13,14)15)75-97(117(93)133-53-33-3)63-101-79-113(129(25,26)27)80-102(64-98-76-110(126(16,17)18)72-94(118(98)134-54-34-4)60-90(115)68-107(67-89)123(7,8)9)121(101)137-83-105-57-88(50-48-86-45-41-38-42-46-86)106(58-87(105)49-47-85-43-39-37-40-44-85)84-138-122-103-65-99-77-111(127(19,20)21)73-95(119(99)135-55-35-5)61-91-69-108(124(10,11)12)70-92(116(91)132-52-32-2)62-96-74-112(128(22,23)24)78-100(120(96)136-56-36-6)66-104(122)82-114(81-103)130(28,29)30/h37-46,57-58,67-82H,31-36,51-56,59-66,83-84H2,1-30H3. The summed E-state index contributed by atoms with van der Waals surface area (Å²) in [6.45, 7) is 73.1. The van der Waals surface area contributed by atoms with Crippen LogP contribution in [-0.4, -0.2) is 39.6 Å². The quantitative estimate of drug-likeness (QED) is 0.0554. The van der Waals surface area contributed by atoms with E-state index in [1.54, 1.807) is 0 Å². The highest BCUT2D eigenvalue weighted by molar-refractivity contribution is 5.65. The molecule has 138 heavy (non-hydrogen) atoms. The van der Waals surface area contributed by atoms with Crippen LogP contribution in [0.4, 0.5) is 0 Å². The molecule has 0 unspecified atom stereocenters. The van der Waals surface area contributed by atoms with Crippen molar-refractivity contribution in [2.75, 3.05) is 39.6 Å². The maximum Gasteiger partial charge on any atom is 0.126 e. The maximum absolute atomic E-state index is 8.09. The van der Waals surface area contributed by atoms with E-state index in [9.17, 15) is 0 Å². The van der Waals surface area contributed by atoms with E-state index < -0.39 is 0 Å². The van der Waals surface area contributed by atoms with Gasteiger partial charge < -0.3 is 37.9 Å². The summed E-state index contributed by atoms with van der Waals surface area (Å²) in [6.07, 6.45) is 9.55. The molecule has 16 bridgehead atoms. The SMILES string of the molecule is CCCOc1c2cc(C(C)(C)C)cc1Cc1cc(C(C)(C)C)cc(c1OCCC)Cc1cc(C(C)(C)C)cc(c1OCc1cc(C#Cc3ccccc3)c(COc3c4cc(C(C)(C)C)cc3Cc3cc(C(C)(C)C)cc(c3OCCC)Cc3cc(C(C)(C)C)cc(c3OCCC)Cc3cc(C(C)(C)C)cc(c3OCCC)C4)cc1C#Cc1ccccc1)Cc1cc(C(C)(C)C)cc(c1OCCC)C2. The first-order valence-electron chi connectivity index (χ1n) is 51.8. The second kappa shape index (κ2) is 43.4. The summed E-state index contributed by atoms with van der Waals surface area (Å²) in [5.41, 5.74) is 31.2. The van der Waals surface area contributed by atoms with Crippen molar-refractivity contribution in [2.24, 2.45) is 0 Å². The summed E-state index contributed by atoms with van der Waals surface area (Å²) >= 11 is 0. The Morgan fingerprint density at radius 1 is 0.188 bits per heavy atom. The molecule has 0 fully saturated rings. The fraction of sp³-hybridized carbons (Fsp3) is 0.462. The first-order valence-corrected chi connectivity index (χ1v) is 51.8. The normalized spacial score (nSPS) is 13.2. The number of hydrogen-bond donors (Lipinski definition) is 0. The molecule has 13 rings (SSSR count). The number of fused-ring (bicyclic) bond motifs is 16. The number of ether oxygens (including phenoxy) is 8. The molecule has 0 aliphatic heterocycles. The third-order valence-corrected chi connectivity index (χ3v) is 26.9. The summed E-state index contributed by atoms with van der Waals surface area (Å²) in [6, 6.07) is 64.3. The zero-order valence-corrected chi connectivity index (χ0v) is 90.0. The van der Waals surface area contributed by atoms with Crippen molar-refractivity contribution in [1.29, 1.82) is 0 Å². The Labute approximate surface area is 832 Å². The zero-order chi connectivity index (χ0) is 99.8. The van der Waals surface area contributed by atoms with Gasteiger partial charge in [-0.05, 0) is 252 Å². The third kappa shape index (κ3) is 25.8. The Bertz CT molecular complexity index is 5650. The molecule has 0 saturated carbocycles. The van der Waals surface area contributed by atoms with Gasteiger partial charge in [-0.15, -0.1) is 0 Å². The molecule has 0 radical (unpaired) electrons. The van der Waals surface area contributed by atoms with Gasteiger partial charge >= 0.3 is 0 Å². The van der Waals surface area contributed by atoms with Gasteiger partial charge in [-0.3, -0.25) is 0 Å². The first-order chi connectivity index (χ1) is 65.1. The van der Waals surface area contributed by atoms with E-state index >= 15 is 0 Å². The van der Waals surface area contributed by atoms with Gasteiger partial charge in [0, 0.05) is 84.7 Å². The summed E-state index contributed by atoms with van der Waals surface area (Å²) in [4.78, 5) is 0. The van der Waals surface area contributed by atoms with Gasteiger partial charge in [-0.1, -0.05) is 365 Å². The lowest BCUT2D eigenvalue weighted by Crippen LogP contribution is -2.18. The van der Waals surface area contributed by atoms with Gasteiger partial charge in [-0.25, -0.2) is 0 Å². The van der Waals surface area contributed by atoms with Crippen LogP contribution in [0.5, 0.6) is 46.0 Å². The van der Waals surface area contributed by atoms with Crippen LogP contribution in [0.2, 0.25) is 0 Å². The molecule has 0 spiro atoms. The van der Waals surface area contributed by atoms with Crippen LogP contribution in [0.25, 0.3) is 0 Å². The summed E-state index contributed by atoms with van der Waals surface area (Å²) in [5, 5.41) is 0. The minimum Gasteiger partial charge on any atom is -0.493 e. The molecule has 0 saturated heterocycles. The molecule has 0 aromatic heterocycles. The largest absolute Gasteiger partial charge is 0.493 e. The average molecular weight is 1850 g/mol. The van der Waals surface area contributed by atoms with Crippen LogP contribution in [0.1, 0.15) is 413 Å². The molecule has 8 nitrogen and oxygen atoms in total. The average Bonchev–Trinajstić information content (AvgIpc) is 0.757. The first kappa shape index (κ1) is 104. The molecular formula is C130H162O8. The molecule has 0 amide bonds. The van der Waals surface area contributed by atoms with E-state index in [1.807, 2.05) is 0 Å². The Morgan fingerprint density at radius 3 is 0.471 bits per heavy atom. The molecule has 0 N–H and O–H groups in total. The van der Waals surface area contributed by atoms with Gasteiger partial charge in [0.25, 0.3) is 0 Å². The van der Waals surface area contributed by atoms with Crippen molar-refractivity contribution in [3.8, 4) is 69.7 Å².